The van der Waals surface area contributed by atoms with Gasteiger partial charge in [-0.05, 0) is 6.42 Å². The quantitative estimate of drug-likeness (QED) is 0.859. The summed E-state index contributed by atoms with van der Waals surface area (Å²) in [4.78, 5) is 2.39. The maximum absolute atomic E-state index is 5.63. The SMILES string of the molecule is CCC1CN(Cc2nnc(NC)s2)CCO1. The van der Waals surface area contributed by atoms with Gasteiger partial charge in [-0.1, -0.05) is 18.3 Å². The van der Waals surface area contributed by atoms with Crippen LogP contribution < -0.4 is 5.32 Å². The Morgan fingerprint density at radius 3 is 3.12 bits per heavy atom. The van der Waals surface area contributed by atoms with Crippen molar-refractivity contribution in [2.45, 2.75) is 26.0 Å². The Bertz CT molecular complexity index is 330. The maximum atomic E-state index is 5.63. The van der Waals surface area contributed by atoms with Crippen LogP contribution in [0.2, 0.25) is 0 Å². The van der Waals surface area contributed by atoms with Crippen molar-refractivity contribution in [3.05, 3.63) is 5.01 Å². The molecule has 6 heteroatoms. The minimum absolute atomic E-state index is 0.380. The van der Waals surface area contributed by atoms with Crippen molar-refractivity contribution in [2.24, 2.45) is 0 Å². The summed E-state index contributed by atoms with van der Waals surface area (Å²) in [6.07, 6.45) is 1.46. The molecule has 0 aliphatic carbocycles. The number of hydrogen-bond acceptors (Lipinski definition) is 6. The maximum Gasteiger partial charge on any atom is 0.205 e. The van der Waals surface area contributed by atoms with Gasteiger partial charge >= 0.3 is 0 Å². The topological polar surface area (TPSA) is 50.3 Å². The van der Waals surface area contributed by atoms with Gasteiger partial charge < -0.3 is 10.1 Å². The lowest BCUT2D eigenvalue weighted by molar-refractivity contribution is -0.0325. The van der Waals surface area contributed by atoms with Gasteiger partial charge in [-0.15, -0.1) is 10.2 Å². The van der Waals surface area contributed by atoms with Crippen LogP contribution in [0.3, 0.4) is 0 Å². The average molecular weight is 242 g/mol. The molecule has 90 valence electrons. The Balaban J connectivity index is 1.88. The first-order valence-corrected chi connectivity index (χ1v) is 6.47. The fourth-order valence-corrected chi connectivity index (χ4v) is 2.52. The normalized spacial score (nSPS) is 22.2. The van der Waals surface area contributed by atoms with Crippen molar-refractivity contribution >= 4 is 16.5 Å². The fraction of sp³-hybridized carbons (Fsp3) is 0.800. The van der Waals surface area contributed by atoms with Crippen LogP contribution >= 0.6 is 11.3 Å². The second-order valence-electron chi connectivity index (χ2n) is 3.89. The summed E-state index contributed by atoms with van der Waals surface area (Å²) in [5, 5.41) is 13.2. The Kier molecular flexibility index (Phi) is 4.09. The number of nitrogens with one attached hydrogen (secondary N) is 1. The molecule has 0 saturated carbocycles. The van der Waals surface area contributed by atoms with E-state index in [-0.39, 0.29) is 0 Å². The van der Waals surface area contributed by atoms with E-state index in [4.69, 9.17) is 4.74 Å². The number of aromatic nitrogens is 2. The molecule has 1 fully saturated rings. The highest BCUT2D eigenvalue weighted by atomic mass is 32.1. The van der Waals surface area contributed by atoms with Crippen molar-refractivity contribution in [1.82, 2.24) is 15.1 Å². The first-order chi connectivity index (χ1) is 7.81. The summed E-state index contributed by atoms with van der Waals surface area (Å²) < 4.78 is 5.63. The number of anilines is 1. The first-order valence-electron chi connectivity index (χ1n) is 5.66. The second-order valence-corrected chi connectivity index (χ2v) is 4.95. The van der Waals surface area contributed by atoms with Crippen LogP contribution in [-0.2, 0) is 11.3 Å². The van der Waals surface area contributed by atoms with E-state index in [1.165, 1.54) is 0 Å². The summed E-state index contributed by atoms with van der Waals surface area (Å²) >= 11 is 1.62. The van der Waals surface area contributed by atoms with Crippen LogP contribution in [0.25, 0.3) is 0 Å². The molecule has 1 atom stereocenters. The van der Waals surface area contributed by atoms with Crippen LogP contribution in [0.15, 0.2) is 0 Å². The number of ether oxygens (including phenoxy) is 1. The van der Waals surface area contributed by atoms with Gasteiger partial charge in [0.2, 0.25) is 5.13 Å². The molecule has 1 N–H and O–H groups in total. The van der Waals surface area contributed by atoms with Crippen molar-refractivity contribution in [1.29, 1.82) is 0 Å². The molecule has 1 saturated heterocycles. The van der Waals surface area contributed by atoms with E-state index in [9.17, 15) is 0 Å². The second kappa shape index (κ2) is 5.56. The van der Waals surface area contributed by atoms with Crippen molar-refractivity contribution < 1.29 is 4.74 Å². The molecule has 0 radical (unpaired) electrons. The summed E-state index contributed by atoms with van der Waals surface area (Å²) in [5.74, 6) is 0. The predicted molar refractivity (Wildman–Crippen MR) is 64.8 cm³/mol. The van der Waals surface area contributed by atoms with Gasteiger partial charge in [0.1, 0.15) is 5.01 Å². The Hall–Kier alpha value is -0.720. The molecule has 2 rings (SSSR count). The summed E-state index contributed by atoms with van der Waals surface area (Å²) in [7, 11) is 1.87. The third-order valence-electron chi connectivity index (χ3n) is 2.72. The van der Waals surface area contributed by atoms with E-state index in [1.54, 1.807) is 11.3 Å². The molecule has 1 aliphatic heterocycles. The predicted octanol–water partition coefficient (Wildman–Crippen LogP) is 1.19. The molecule has 16 heavy (non-hydrogen) atoms. The Morgan fingerprint density at radius 2 is 2.44 bits per heavy atom. The van der Waals surface area contributed by atoms with Gasteiger partial charge in [-0.25, -0.2) is 0 Å². The third kappa shape index (κ3) is 2.90. The van der Waals surface area contributed by atoms with Gasteiger partial charge in [0.25, 0.3) is 0 Å². The summed E-state index contributed by atoms with van der Waals surface area (Å²) in [6.45, 7) is 5.88. The van der Waals surface area contributed by atoms with Gasteiger partial charge in [0.05, 0.1) is 19.3 Å². The smallest absolute Gasteiger partial charge is 0.205 e. The molecule has 0 bridgehead atoms. The molecular formula is C10H18N4OS. The van der Waals surface area contributed by atoms with Crippen molar-refractivity contribution in [3.8, 4) is 0 Å². The average Bonchev–Trinajstić information content (AvgIpc) is 2.77. The largest absolute Gasteiger partial charge is 0.376 e. The van der Waals surface area contributed by atoms with Crippen LogP contribution in [-0.4, -0.2) is 47.9 Å². The number of morpholine rings is 1. The summed E-state index contributed by atoms with van der Waals surface area (Å²) in [6, 6.07) is 0. The lowest BCUT2D eigenvalue weighted by Crippen LogP contribution is -2.41. The van der Waals surface area contributed by atoms with E-state index < -0.39 is 0 Å². The van der Waals surface area contributed by atoms with Crippen LogP contribution in [0.1, 0.15) is 18.4 Å². The van der Waals surface area contributed by atoms with Crippen molar-refractivity contribution in [2.75, 3.05) is 32.1 Å². The molecule has 0 amide bonds. The highest BCUT2D eigenvalue weighted by molar-refractivity contribution is 7.15. The van der Waals surface area contributed by atoms with Gasteiger partial charge in [0.15, 0.2) is 0 Å². The van der Waals surface area contributed by atoms with Crippen molar-refractivity contribution in [3.63, 3.8) is 0 Å². The minimum Gasteiger partial charge on any atom is -0.376 e. The lowest BCUT2D eigenvalue weighted by Gasteiger charge is -2.31. The van der Waals surface area contributed by atoms with Gasteiger partial charge in [-0.3, -0.25) is 4.90 Å². The highest BCUT2D eigenvalue weighted by Gasteiger charge is 2.19. The highest BCUT2D eigenvalue weighted by Crippen LogP contribution is 2.18. The Morgan fingerprint density at radius 1 is 1.56 bits per heavy atom. The minimum atomic E-state index is 0.380. The van der Waals surface area contributed by atoms with E-state index in [2.05, 4.69) is 27.3 Å². The molecule has 1 aromatic rings. The lowest BCUT2D eigenvalue weighted by atomic mass is 10.2. The molecule has 1 unspecified atom stereocenters. The Labute approximate surface area is 99.8 Å². The summed E-state index contributed by atoms with van der Waals surface area (Å²) in [5.41, 5.74) is 0. The standard InChI is InChI=1S/C10H18N4OS/c1-3-8-6-14(4-5-15-8)7-9-12-13-10(11-2)16-9/h8H,3-7H2,1-2H3,(H,11,13). The van der Waals surface area contributed by atoms with Gasteiger partial charge in [-0.2, -0.15) is 0 Å². The molecule has 5 nitrogen and oxygen atoms in total. The fourth-order valence-electron chi connectivity index (χ4n) is 1.78. The number of hydrogen-bond donors (Lipinski definition) is 1. The monoisotopic (exact) mass is 242 g/mol. The molecule has 1 aliphatic rings. The molecule has 0 aromatic carbocycles. The molecule has 1 aromatic heterocycles. The zero-order chi connectivity index (χ0) is 11.4. The van der Waals surface area contributed by atoms with E-state index in [0.717, 1.165) is 42.8 Å². The molecule has 2 heterocycles. The van der Waals surface area contributed by atoms with E-state index in [0.29, 0.717) is 6.10 Å². The van der Waals surface area contributed by atoms with E-state index in [1.807, 2.05) is 7.05 Å². The third-order valence-corrected chi connectivity index (χ3v) is 3.64. The number of nitrogens with zero attached hydrogens (tertiary/aromatic N) is 3. The van der Waals surface area contributed by atoms with Gasteiger partial charge in [0, 0.05) is 20.1 Å². The van der Waals surface area contributed by atoms with E-state index >= 15 is 0 Å². The van der Waals surface area contributed by atoms with Crippen LogP contribution in [0.5, 0.6) is 0 Å². The first kappa shape index (κ1) is 11.8. The zero-order valence-corrected chi connectivity index (χ0v) is 10.6. The number of rotatable bonds is 4. The van der Waals surface area contributed by atoms with Crippen LogP contribution in [0.4, 0.5) is 5.13 Å². The zero-order valence-electron chi connectivity index (χ0n) is 9.77. The molecular weight excluding hydrogens is 224 g/mol. The molecule has 0 spiro atoms. The van der Waals surface area contributed by atoms with Crippen LogP contribution in [0, 0.1) is 0 Å².